The van der Waals surface area contributed by atoms with Crippen molar-refractivity contribution in [3.8, 4) is 11.8 Å². The van der Waals surface area contributed by atoms with Crippen molar-refractivity contribution in [2.75, 3.05) is 5.32 Å². The molecule has 0 aliphatic rings. The Kier molecular flexibility index (Phi) is 6.16. The van der Waals surface area contributed by atoms with E-state index in [0.717, 1.165) is 11.1 Å². The minimum Gasteiger partial charge on any atom is -0.486 e. The van der Waals surface area contributed by atoms with E-state index in [9.17, 15) is 9.59 Å². The number of hydrogen-bond donors (Lipinski definition) is 2. The van der Waals surface area contributed by atoms with Crippen LogP contribution in [0.4, 0.5) is 5.69 Å². The Balaban J connectivity index is 1.61. The number of nitriles is 1. The number of anilines is 1. The molecule has 4 aromatic rings. The molecule has 0 radical (unpaired) electrons. The summed E-state index contributed by atoms with van der Waals surface area (Å²) in [5, 5.41) is 13.2. The molecule has 0 saturated carbocycles. The zero-order chi connectivity index (χ0) is 23.5. The monoisotopic (exact) mass is 461 g/mol. The number of hydrogen-bond acceptors (Lipinski definition) is 6. The molecule has 0 bridgehead atoms. The molecule has 0 aliphatic carbocycles. The molecule has 0 unspecified atom stereocenters. The van der Waals surface area contributed by atoms with Crippen LogP contribution >= 0.6 is 11.6 Å². The number of benzene rings is 1. The van der Waals surface area contributed by atoms with Gasteiger partial charge in [0.15, 0.2) is 0 Å². The van der Waals surface area contributed by atoms with Gasteiger partial charge in [-0.1, -0.05) is 17.7 Å². The first-order valence-corrected chi connectivity index (χ1v) is 10.5. The molecule has 1 aromatic carbocycles. The lowest BCUT2D eigenvalue weighted by atomic mass is 10.1. The quantitative estimate of drug-likeness (QED) is 0.450. The fourth-order valence-corrected chi connectivity index (χ4v) is 3.75. The van der Waals surface area contributed by atoms with Gasteiger partial charge in [-0.15, -0.1) is 0 Å². The Bertz CT molecular complexity index is 1490. The van der Waals surface area contributed by atoms with Crippen LogP contribution in [0.15, 0.2) is 64.3 Å². The van der Waals surface area contributed by atoms with E-state index < -0.39 is 6.04 Å². The predicted octanol–water partition coefficient (Wildman–Crippen LogP) is 3.90. The maximum absolute atomic E-state index is 12.8. The predicted molar refractivity (Wildman–Crippen MR) is 127 cm³/mol. The standard InChI is InChI=1S/C24H20ClN5O3/c1-14(28-19-8-7-17(12-26)30(2)24(19)32)18-11-15-6-9-20(21(25)22(15)29-23(18)31)33-13-16-5-3-4-10-27-16/h3-11,14,28H,13H2,1-2H3,(H,29,31)/t14-/m0/s1. The second-order valence-corrected chi connectivity index (χ2v) is 7.86. The van der Waals surface area contributed by atoms with Crippen molar-refractivity contribution in [3.05, 3.63) is 97.4 Å². The van der Waals surface area contributed by atoms with Crippen LogP contribution < -0.4 is 21.2 Å². The van der Waals surface area contributed by atoms with Gasteiger partial charge in [0, 0.05) is 24.2 Å². The Hall–Kier alpha value is -4.09. The molecule has 33 heavy (non-hydrogen) atoms. The van der Waals surface area contributed by atoms with Crippen molar-refractivity contribution in [2.24, 2.45) is 7.05 Å². The van der Waals surface area contributed by atoms with Gasteiger partial charge in [0.2, 0.25) is 0 Å². The molecule has 3 aromatic heterocycles. The summed E-state index contributed by atoms with van der Waals surface area (Å²) < 4.78 is 7.04. The van der Waals surface area contributed by atoms with Crippen LogP contribution in [0.3, 0.4) is 0 Å². The first-order valence-electron chi connectivity index (χ1n) is 10.1. The van der Waals surface area contributed by atoms with Crippen molar-refractivity contribution in [1.29, 1.82) is 5.26 Å². The van der Waals surface area contributed by atoms with E-state index in [-0.39, 0.29) is 23.4 Å². The van der Waals surface area contributed by atoms with Gasteiger partial charge in [-0.25, -0.2) is 0 Å². The fraction of sp³-hybridized carbons (Fsp3) is 0.167. The van der Waals surface area contributed by atoms with Crippen LogP contribution in [0.5, 0.6) is 5.75 Å². The molecule has 0 saturated heterocycles. The van der Waals surface area contributed by atoms with E-state index >= 15 is 0 Å². The van der Waals surface area contributed by atoms with E-state index in [1.807, 2.05) is 30.3 Å². The molecule has 8 nitrogen and oxygen atoms in total. The normalized spacial score (nSPS) is 11.7. The maximum atomic E-state index is 12.8. The minimum atomic E-state index is -0.474. The summed E-state index contributed by atoms with van der Waals surface area (Å²) in [5.74, 6) is 0.436. The number of aromatic amines is 1. The highest BCUT2D eigenvalue weighted by atomic mass is 35.5. The molecule has 9 heteroatoms. The van der Waals surface area contributed by atoms with Crippen LogP contribution in [0, 0.1) is 11.3 Å². The number of nitrogens with zero attached hydrogens (tertiary/aromatic N) is 3. The number of pyridine rings is 3. The van der Waals surface area contributed by atoms with Crippen molar-refractivity contribution in [3.63, 3.8) is 0 Å². The molecule has 0 spiro atoms. The number of H-pyrrole nitrogens is 1. The second kappa shape index (κ2) is 9.18. The Morgan fingerprint density at radius 2 is 2.06 bits per heavy atom. The zero-order valence-corrected chi connectivity index (χ0v) is 18.7. The summed E-state index contributed by atoms with van der Waals surface area (Å²) in [7, 11) is 1.52. The minimum absolute atomic E-state index is 0.245. The van der Waals surface area contributed by atoms with Crippen LogP contribution in [0.1, 0.15) is 29.9 Å². The molecule has 0 amide bonds. The number of rotatable bonds is 6. The van der Waals surface area contributed by atoms with E-state index in [2.05, 4.69) is 15.3 Å². The van der Waals surface area contributed by atoms with Gasteiger partial charge < -0.3 is 19.6 Å². The molecule has 4 rings (SSSR count). The molecular weight excluding hydrogens is 442 g/mol. The fourth-order valence-electron chi connectivity index (χ4n) is 3.47. The van der Waals surface area contributed by atoms with Crippen molar-refractivity contribution in [1.82, 2.24) is 14.5 Å². The third-order valence-corrected chi connectivity index (χ3v) is 5.68. The van der Waals surface area contributed by atoms with Gasteiger partial charge in [0.25, 0.3) is 11.1 Å². The number of fused-ring (bicyclic) bond motifs is 1. The smallest absolute Gasteiger partial charge is 0.274 e. The average Bonchev–Trinajstić information content (AvgIpc) is 2.82. The maximum Gasteiger partial charge on any atom is 0.274 e. The number of aromatic nitrogens is 3. The second-order valence-electron chi connectivity index (χ2n) is 7.48. The van der Waals surface area contributed by atoms with Crippen LogP contribution in [-0.4, -0.2) is 14.5 Å². The Morgan fingerprint density at radius 3 is 2.79 bits per heavy atom. The SMILES string of the molecule is C[C@H](Nc1ccc(C#N)n(C)c1=O)c1cc2ccc(OCc3ccccn3)c(Cl)c2[nH]c1=O. The summed E-state index contributed by atoms with van der Waals surface area (Å²) >= 11 is 6.51. The zero-order valence-electron chi connectivity index (χ0n) is 17.9. The van der Waals surface area contributed by atoms with E-state index in [1.54, 1.807) is 31.3 Å². The third-order valence-electron chi connectivity index (χ3n) is 5.31. The van der Waals surface area contributed by atoms with Gasteiger partial charge in [-0.3, -0.25) is 14.6 Å². The van der Waals surface area contributed by atoms with Gasteiger partial charge in [0.1, 0.15) is 34.8 Å². The average molecular weight is 462 g/mol. The Morgan fingerprint density at radius 1 is 1.24 bits per heavy atom. The van der Waals surface area contributed by atoms with Crippen molar-refractivity contribution < 1.29 is 4.74 Å². The van der Waals surface area contributed by atoms with Crippen LogP contribution in [-0.2, 0) is 13.7 Å². The van der Waals surface area contributed by atoms with Gasteiger partial charge in [0.05, 0.1) is 17.3 Å². The first-order chi connectivity index (χ1) is 15.9. The van der Waals surface area contributed by atoms with Crippen LogP contribution in [0.25, 0.3) is 10.9 Å². The lowest BCUT2D eigenvalue weighted by molar-refractivity contribution is 0.302. The number of halogens is 1. The molecule has 166 valence electrons. The number of ether oxygens (including phenoxy) is 1. The van der Waals surface area contributed by atoms with Gasteiger partial charge in [-0.05, 0) is 49.4 Å². The molecule has 0 fully saturated rings. The van der Waals surface area contributed by atoms with Gasteiger partial charge >= 0.3 is 0 Å². The van der Waals surface area contributed by atoms with E-state index in [4.69, 9.17) is 21.6 Å². The number of nitrogens with one attached hydrogen (secondary N) is 2. The lowest BCUT2D eigenvalue weighted by Crippen LogP contribution is -2.26. The third kappa shape index (κ3) is 4.45. The van der Waals surface area contributed by atoms with E-state index in [0.29, 0.717) is 27.5 Å². The largest absolute Gasteiger partial charge is 0.486 e. The Labute approximate surface area is 194 Å². The molecule has 0 aliphatic heterocycles. The molecule has 2 N–H and O–H groups in total. The van der Waals surface area contributed by atoms with E-state index in [1.165, 1.54) is 17.7 Å². The summed E-state index contributed by atoms with van der Waals surface area (Å²) in [5.41, 5.74) is 1.51. The summed E-state index contributed by atoms with van der Waals surface area (Å²) in [6.07, 6.45) is 1.68. The first kappa shape index (κ1) is 22.1. The van der Waals surface area contributed by atoms with Gasteiger partial charge in [-0.2, -0.15) is 5.26 Å². The summed E-state index contributed by atoms with van der Waals surface area (Å²) in [6.45, 7) is 2.02. The van der Waals surface area contributed by atoms with Crippen LogP contribution in [0.2, 0.25) is 5.02 Å². The molecule has 1 atom stereocenters. The highest BCUT2D eigenvalue weighted by molar-refractivity contribution is 6.36. The topological polar surface area (TPSA) is 113 Å². The van der Waals surface area contributed by atoms with Crippen molar-refractivity contribution >= 4 is 28.2 Å². The lowest BCUT2D eigenvalue weighted by Gasteiger charge is -2.16. The molecular formula is C24H20ClN5O3. The molecule has 3 heterocycles. The highest BCUT2D eigenvalue weighted by Crippen LogP contribution is 2.32. The summed E-state index contributed by atoms with van der Waals surface area (Å²) in [6, 6.07) is 15.4. The highest BCUT2D eigenvalue weighted by Gasteiger charge is 2.16. The van der Waals surface area contributed by atoms with Crippen molar-refractivity contribution in [2.45, 2.75) is 19.6 Å². The summed E-state index contributed by atoms with van der Waals surface area (Å²) in [4.78, 5) is 32.4.